The summed E-state index contributed by atoms with van der Waals surface area (Å²) in [5.41, 5.74) is 1.46. The van der Waals surface area contributed by atoms with Crippen LogP contribution in [0.3, 0.4) is 0 Å². The van der Waals surface area contributed by atoms with Crippen molar-refractivity contribution in [2.75, 3.05) is 6.61 Å². The summed E-state index contributed by atoms with van der Waals surface area (Å²) in [5, 5.41) is 7.04. The van der Waals surface area contributed by atoms with Crippen LogP contribution in [0.15, 0.2) is 36.7 Å². The maximum Gasteiger partial charge on any atom is 0.217 e. The Hall–Kier alpha value is -2.63. The van der Waals surface area contributed by atoms with Crippen molar-refractivity contribution < 1.29 is 13.9 Å². The summed E-state index contributed by atoms with van der Waals surface area (Å²) < 4.78 is 21.6. The van der Waals surface area contributed by atoms with Crippen LogP contribution < -0.4 is 10.1 Å². The van der Waals surface area contributed by atoms with Gasteiger partial charge in [-0.3, -0.25) is 9.48 Å². The molecule has 2 aromatic rings. The molecule has 1 aliphatic rings. The van der Waals surface area contributed by atoms with Crippen molar-refractivity contribution in [3.63, 3.8) is 0 Å². The zero-order chi connectivity index (χ0) is 18.5. The molecule has 1 N–H and O–H groups in total. The average Bonchev–Trinajstić information content (AvgIpc) is 3.31. The molecule has 1 aliphatic carbocycles. The molecule has 1 atom stereocenters. The monoisotopic (exact) mass is 357 g/mol. The molecule has 1 heterocycles. The number of carbonyl (C=O) groups excluding carboxylic acids is 1. The zero-order valence-electron chi connectivity index (χ0n) is 15.1. The molecular weight excluding hydrogens is 333 g/mol. The molecule has 26 heavy (non-hydrogen) atoms. The Bertz CT molecular complexity index is 796. The minimum absolute atomic E-state index is 0.0588. The number of benzene rings is 1. The van der Waals surface area contributed by atoms with Crippen LogP contribution in [0, 0.1) is 11.7 Å². The van der Waals surface area contributed by atoms with Crippen molar-refractivity contribution in [2.24, 2.45) is 5.92 Å². The second-order valence-electron chi connectivity index (χ2n) is 6.83. The quantitative estimate of drug-likeness (QED) is 0.788. The Morgan fingerprint density at radius 2 is 2.31 bits per heavy atom. The fraction of sp³-hybridized carbons (Fsp3) is 0.400. The lowest BCUT2D eigenvalue weighted by atomic mass is 10.2. The number of rotatable bonds is 8. The molecular formula is C20H24FN3O2. The lowest BCUT2D eigenvalue weighted by molar-refractivity contribution is -0.119. The van der Waals surface area contributed by atoms with Crippen molar-refractivity contribution in [3.8, 4) is 5.75 Å². The van der Waals surface area contributed by atoms with Crippen molar-refractivity contribution >= 4 is 12.0 Å². The summed E-state index contributed by atoms with van der Waals surface area (Å²) in [5.74, 6) is 0.860. The molecule has 138 valence electrons. The van der Waals surface area contributed by atoms with Crippen LogP contribution in [-0.4, -0.2) is 28.3 Å². The van der Waals surface area contributed by atoms with Gasteiger partial charge in [0, 0.05) is 36.4 Å². The van der Waals surface area contributed by atoms with Gasteiger partial charge in [-0.2, -0.15) is 5.10 Å². The van der Waals surface area contributed by atoms with Gasteiger partial charge in [0.05, 0.1) is 19.3 Å². The van der Waals surface area contributed by atoms with Crippen LogP contribution in [0.5, 0.6) is 5.75 Å². The van der Waals surface area contributed by atoms with E-state index in [0.29, 0.717) is 30.4 Å². The van der Waals surface area contributed by atoms with Crippen LogP contribution >= 0.6 is 0 Å². The summed E-state index contributed by atoms with van der Waals surface area (Å²) in [6, 6.07) is 4.93. The molecule has 0 spiro atoms. The second kappa shape index (κ2) is 8.17. The first-order valence-electron chi connectivity index (χ1n) is 8.88. The van der Waals surface area contributed by atoms with Gasteiger partial charge in [0.25, 0.3) is 0 Å². The van der Waals surface area contributed by atoms with Crippen LogP contribution in [0.25, 0.3) is 6.08 Å². The summed E-state index contributed by atoms with van der Waals surface area (Å²) >= 11 is 0. The largest absolute Gasteiger partial charge is 0.493 e. The smallest absolute Gasteiger partial charge is 0.217 e. The molecule has 1 aromatic carbocycles. The average molecular weight is 357 g/mol. The topological polar surface area (TPSA) is 56.2 Å². The van der Waals surface area contributed by atoms with Gasteiger partial charge in [0.15, 0.2) is 0 Å². The third-order valence-corrected chi connectivity index (χ3v) is 4.20. The first-order valence-corrected chi connectivity index (χ1v) is 8.88. The van der Waals surface area contributed by atoms with E-state index in [9.17, 15) is 9.18 Å². The second-order valence-corrected chi connectivity index (χ2v) is 6.83. The van der Waals surface area contributed by atoms with Gasteiger partial charge in [0.2, 0.25) is 5.91 Å². The van der Waals surface area contributed by atoms with Gasteiger partial charge in [-0.15, -0.1) is 0 Å². The summed E-state index contributed by atoms with van der Waals surface area (Å²) in [6.07, 6.45) is 9.74. The molecule has 0 bridgehead atoms. The van der Waals surface area contributed by atoms with Crippen LogP contribution in [0.4, 0.5) is 4.39 Å². The molecule has 3 rings (SSSR count). The van der Waals surface area contributed by atoms with E-state index in [1.165, 1.54) is 25.8 Å². The predicted molar refractivity (Wildman–Crippen MR) is 98.3 cm³/mol. The van der Waals surface area contributed by atoms with E-state index >= 15 is 0 Å². The van der Waals surface area contributed by atoms with E-state index in [0.717, 1.165) is 5.56 Å². The number of halogens is 1. The Labute approximate surface area is 152 Å². The first-order chi connectivity index (χ1) is 12.5. The van der Waals surface area contributed by atoms with Crippen LogP contribution in [-0.2, 0) is 11.3 Å². The van der Waals surface area contributed by atoms with Crippen molar-refractivity contribution in [1.29, 1.82) is 0 Å². The number of hydrogen-bond acceptors (Lipinski definition) is 3. The molecule has 0 saturated heterocycles. The minimum Gasteiger partial charge on any atom is -0.493 e. The fourth-order valence-corrected chi connectivity index (χ4v) is 2.60. The molecule has 5 nitrogen and oxygen atoms in total. The van der Waals surface area contributed by atoms with Gasteiger partial charge in [-0.25, -0.2) is 4.39 Å². The normalized spacial score (nSPS) is 15.2. The number of nitrogens with zero attached hydrogens (tertiary/aromatic N) is 2. The Balaban J connectivity index is 1.57. The van der Waals surface area contributed by atoms with Gasteiger partial charge >= 0.3 is 0 Å². The number of hydrogen-bond donors (Lipinski definition) is 1. The number of nitrogens with one attached hydrogen (secondary N) is 1. The Morgan fingerprint density at radius 3 is 3.00 bits per heavy atom. The predicted octanol–water partition coefficient (Wildman–Crippen LogP) is 3.40. The summed E-state index contributed by atoms with van der Waals surface area (Å²) in [7, 11) is 0. The van der Waals surface area contributed by atoms with E-state index in [4.69, 9.17) is 4.74 Å². The molecule has 1 aromatic heterocycles. The van der Waals surface area contributed by atoms with E-state index < -0.39 is 0 Å². The lowest BCUT2D eigenvalue weighted by Crippen LogP contribution is -2.28. The van der Waals surface area contributed by atoms with E-state index in [-0.39, 0.29) is 17.8 Å². The van der Waals surface area contributed by atoms with Gasteiger partial charge in [-0.1, -0.05) is 18.2 Å². The van der Waals surface area contributed by atoms with Gasteiger partial charge in [-0.05, 0) is 31.7 Å². The minimum atomic E-state index is -0.287. The summed E-state index contributed by atoms with van der Waals surface area (Å²) in [6.45, 7) is 4.40. The molecule has 1 saturated carbocycles. The third kappa shape index (κ3) is 5.44. The zero-order valence-corrected chi connectivity index (χ0v) is 15.1. The highest BCUT2D eigenvalue weighted by atomic mass is 19.1. The number of carbonyl (C=O) groups is 1. The molecule has 0 radical (unpaired) electrons. The lowest BCUT2D eigenvalue weighted by Gasteiger charge is -2.08. The fourth-order valence-electron chi connectivity index (χ4n) is 2.60. The SMILES string of the molecule is CC(=O)N[C@@H](C)/C=C/c1cnn(Cc2ccc(OCC3CC3)cc2F)c1. The standard InChI is InChI=1S/C20H24FN3O2/c1-14(23-15(2)25)3-4-17-10-22-24(11-17)12-18-7-8-19(9-20(18)21)26-13-16-5-6-16/h3-4,7-11,14,16H,5-6,12-13H2,1-2H3,(H,23,25)/b4-3+/t14-/m0/s1. The molecule has 0 unspecified atom stereocenters. The maximum atomic E-state index is 14.3. The van der Waals surface area contributed by atoms with Crippen molar-refractivity contribution in [1.82, 2.24) is 15.1 Å². The Kier molecular flexibility index (Phi) is 5.71. The van der Waals surface area contributed by atoms with E-state index in [1.54, 1.807) is 23.0 Å². The highest BCUT2D eigenvalue weighted by molar-refractivity contribution is 5.73. The van der Waals surface area contributed by atoms with Gasteiger partial charge < -0.3 is 10.1 Å². The van der Waals surface area contributed by atoms with Gasteiger partial charge in [0.1, 0.15) is 11.6 Å². The van der Waals surface area contributed by atoms with E-state index in [1.807, 2.05) is 25.3 Å². The number of amides is 1. The number of ether oxygens (including phenoxy) is 1. The Morgan fingerprint density at radius 1 is 1.50 bits per heavy atom. The molecule has 1 fully saturated rings. The van der Waals surface area contributed by atoms with Crippen molar-refractivity contribution in [3.05, 3.63) is 53.6 Å². The maximum absolute atomic E-state index is 14.3. The molecule has 1 amide bonds. The highest BCUT2D eigenvalue weighted by Crippen LogP contribution is 2.29. The molecule has 6 heteroatoms. The third-order valence-electron chi connectivity index (χ3n) is 4.20. The van der Waals surface area contributed by atoms with Crippen molar-refractivity contribution in [2.45, 2.75) is 39.3 Å². The summed E-state index contributed by atoms with van der Waals surface area (Å²) in [4.78, 5) is 11.0. The number of aromatic nitrogens is 2. The highest BCUT2D eigenvalue weighted by Gasteiger charge is 2.22. The van der Waals surface area contributed by atoms with E-state index in [2.05, 4.69) is 10.4 Å². The van der Waals surface area contributed by atoms with Crippen LogP contribution in [0.2, 0.25) is 0 Å². The first kappa shape index (κ1) is 18.2. The van der Waals surface area contributed by atoms with Crippen LogP contribution in [0.1, 0.15) is 37.8 Å². The molecule has 0 aliphatic heterocycles.